The molecule has 0 radical (unpaired) electrons. The summed E-state index contributed by atoms with van der Waals surface area (Å²) < 4.78 is 29.4. The van der Waals surface area contributed by atoms with Gasteiger partial charge in [-0.25, -0.2) is 13.4 Å². The molecule has 0 unspecified atom stereocenters. The van der Waals surface area contributed by atoms with Crippen molar-refractivity contribution < 1.29 is 13.2 Å². The zero-order chi connectivity index (χ0) is 28.0. The van der Waals surface area contributed by atoms with Gasteiger partial charge in [0.1, 0.15) is 0 Å². The van der Waals surface area contributed by atoms with Gasteiger partial charge in [0.05, 0.1) is 27.4 Å². The quantitative estimate of drug-likeness (QED) is 0.190. The van der Waals surface area contributed by atoms with Crippen molar-refractivity contribution in [2.24, 2.45) is 0 Å². The number of sulfonamides is 1. The molecule has 0 N–H and O–H groups in total. The second-order valence-corrected chi connectivity index (χ2v) is 12.6. The number of amides is 1. The Morgan fingerprint density at radius 3 is 2.15 bits per heavy atom. The van der Waals surface area contributed by atoms with E-state index in [2.05, 4.69) is 24.9 Å². The molecule has 2 heterocycles. The molecule has 9 heteroatoms. The molecule has 0 saturated heterocycles. The highest BCUT2D eigenvalue weighted by atomic mass is 32.2. The van der Waals surface area contributed by atoms with Crippen LogP contribution < -0.4 is 4.90 Å². The molecule has 0 aliphatic rings. The van der Waals surface area contributed by atoms with Crippen molar-refractivity contribution in [3.63, 3.8) is 0 Å². The highest BCUT2D eigenvalue weighted by Gasteiger charge is 2.26. The number of aryl methyl sites for hydroxylation is 2. The van der Waals surface area contributed by atoms with Crippen molar-refractivity contribution in [3.05, 3.63) is 83.2 Å². The van der Waals surface area contributed by atoms with Gasteiger partial charge in [0.15, 0.2) is 5.13 Å². The minimum atomic E-state index is -3.65. The molecular weight excluding hydrogens is 528 g/mol. The van der Waals surface area contributed by atoms with E-state index in [1.807, 2.05) is 38.1 Å². The first kappa shape index (κ1) is 28.9. The van der Waals surface area contributed by atoms with E-state index in [4.69, 9.17) is 4.98 Å². The van der Waals surface area contributed by atoms with Gasteiger partial charge in [-0.15, -0.1) is 0 Å². The lowest BCUT2D eigenvalue weighted by molar-refractivity contribution is 0.0984. The summed E-state index contributed by atoms with van der Waals surface area (Å²) in [6.45, 7) is 9.39. The lowest BCUT2D eigenvalue weighted by Gasteiger charge is -2.22. The molecule has 0 spiro atoms. The molecule has 2 aromatic carbocycles. The van der Waals surface area contributed by atoms with Crippen LogP contribution in [0, 0.1) is 13.8 Å². The molecule has 39 heavy (non-hydrogen) atoms. The van der Waals surface area contributed by atoms with Crippen molar-refractivity contribution in [1.29, 1.82) is 0 Å². The van der Waals surface area contributed by atoms with Crippen LogP contribution in [-0.2, 0) is 16.6 Å². The van der Waals surface area contributed by atoms with Gasteiger partial charge in [-0.3, -0.25) is 14.7 Å². The van der Waals surface area contributed by atoms with Gasteiger partial charge in [-0.1, -0.05) is 56.2 Å². The Bertz CT molecular complexity index is 1470. The molecule has 4 aromatic rings. The van der Waals surface area contributed by atoms with E-state index in [1.165, 1.54) is 11.3 Å². The average Bonchev–Trinajstić information content (AvgIpc) is 3.41. The van der Waals surface area contributed by atoms with E-state index >= 15 is 0 Å². The first-order valence-electron chi connectivity index (χ1n) is 13.4. The van der Waals surface area contributed by atoms with Gasteiger partial charge >= 0.3 is 0 Å². The molecule has 4 rings (SSSR count). The van der Waals surface area contributed by atoms with Crippen LogP contribution in [0.25, 0.3) is 10.2 Å². The van der Waals surface area contributed by atoms with Crippen LogP contribution in [0.1, 0.15) is 66.7 Å². The monoisotopic (exact) mass is 564 g/mol. The Kier molecular flexibility index (Phi) is 9.48. The van der Waals surface area contributed by atoms with Crippen molar-refractivity contribution in [3.8, 4) is 0 Å². The number of anilines is 1. The molecule has 0 atom stereocenters. The van der Waals surface area contributed by atoms with E-state index in [0.29, 0.717) is 23.8 Å². The average molecular weight is 565 g/mol. The summed E-state index contributed by atoms with van der Waals surface area (Å²) in [5.41, 5.74) is 4.17. The number of carbonyl (C=O) groups is 1. The van der Waals surface area contributed by atoms with Gasteiger partial charge in [0.25, 0.3) is 5.91 Å². The van der Waals surface area contributed by atoms with Crippen molar-refractivity contribution in [2.45, 2.75) is 64.8 Å². The van der Waals surface area contributed by atoms with E-state index in [-0.39, 0.29) is 17.3 Å². The number of benzene rings is 2. The van der Waals surface area contributed by atoms with Gasteiger partial charge < -0.3 is 0 Å². The lowest BCUT2D eigenvalue weighted by Crippen LogP contribution is -2.33. The summed E-state index contributed by atoms with van der Waals surface area (Å²) in [5, 5.41) is 0.583. The SMILES string of the molecule is CCCCN(CCCC)S(=O)(=O)c1ccc(C(=O)N(Cc2ccccn2)c2nc3c(C)ccc(C)c3s2)cc1. The van der Waals surface area contributed by atoms with E-state index in [9.17, 15) is 13.2 Å². The number of aromatic nitrogens is 2. The van der Waals surface area contributed by atoms with Crippen LogP contribution >= 0.6 is 11.3 Å². The lowest BCUT2D eigenvalue weighted by atomic mass is 10.1. The van der Waals surface area contributed by atoms with Crippen LogP contribution in [-0.4, -0.2) is 41.7 Å². The largest absolute Gasteiger partial charge is 0.278 e. The number of pyridine rings is 1. The summed E-state index contributed by atoms with van der Waals surface area (Å²) in [6.07, 6.45) is 5.16. The molecular formula is C30H36N4O3S2. The number of unbranched alkanes of at least 4 members (excludes halogenated alkanes) is 2. The van der Waals surface area contributed by atoms with Crippen LogP contribution in [0.3, 0.4) is 0 Å². The van der Waals surface area contributed by atoms with E-state index < -0.39 is 10.0 Å². The maximum Gasteiger partial charge on any atom is 0.260 e. The molecule has 1 amide bonds. The standard InChI is InChI=1S/C30H36N4O3S2/c1-5-7-19-33(20-8-6-2)39(36,37)26-16-14-24(15-17-26)29(35)34(21-25-11-9-10-18-31-25)30-32-27-22(3)12-13-23(4)28(27)38-30/h9-18H,5-8,19-21H2,1-4H3. The fourth-order valence-electron chi connectivity index (χ4n) is 4.34. The van der Waals surface area contributed by atoms with Crippen molar-refractivity contribution in [1.82, 2.24) is 14.3 Å². The first-order chi connectivity index (χ1) is 18.8. The van der Waals surface area contributed by atoms with Gasteiger partial charge in [0, 0.05) is 24.8 Å². The second kappa shape index (κ2) is 12.8. The molecule has 0 aliphatic carbocycles. The predicted molar refractivity (Wildman–Crippen MR) is 159 cm³/mol. The summed E-state index contributed by atoms with van der Waals surface area (Å²) in [7, 11) is -3.65. The smallest absolute Gasteiger partial charge is 0.260 e. The van der Waals surface area contributed by atoms with Gasteiger partial charge in [0.2, 0.25) is 10.0 Å². The van der Waals surface area contributed by atoms with Crippen LogP contribution in [0.4, 0.5) is 5.13 Å². The molecule has 206 valence electrons. The topological polar surface area (TPSA) is 83.5 Å². The highest BCUT2D eigenvalue weighted by Crippen LogP contribution is 2.34. The Balaban J connectivity index is 1.67. The third kappa shape index (κ3) is 6.54. The van der Waals surface area contributed by atoms with Crippen molar-refractivity contribution in [2.75, 3.05) is 18.0 Å². The molecule has 0 fully saturated rings. The summed E-state index contributed by atoms with van der Waals surface area (Å²) in [6, 6.07) is 16.0. The van der Waals surface area contributed by atoms with Crippen LogP contribution in [0.2, 0.25) is 0 Å². The number of nitrogens with zero attached hydrogens (tertiary/aromatic N) is 4. The molecule has 0 aliphatic heterocycles. The minimum absolute atomic E-state index is 0.203. The fourth-order valence-corrected chi connectivity index (χ4v) is 6.97. The fraction of sp³-hybridized carbons (Fsp3) is 0.367. The van der Waals surface area contributed by atoms with Crippen molar-refractivity contribution >= 4 is 42.6 Å². The van der Waals surface area contributed by atoms with E-state index in [0.717, 1.165) is 52.7 Å². The molecule has 0 bridgehead atoms. The molecule has 2 aromatic heterocycles. The summed E-state index contributed by atoms with van der Waals surface area (Å²) >= 11 is 1.48. The zero-order valence-electron chi connectivity index (χ0n) is 23.1. The number of carbonyl (C=O) groups excluding carboxylic acids is 1. The Morgan fingerprint density at radius 1 is 0.897 bits per heavy atom. The van der Waals surface area contributed by atoms with Gasteiger partial charge in [-0.2, -0.15) is 4.31 Å². The normalized spacial score (nSPS) is 11.8. The third-order valence-corrected chi connectivity index (χ3v) is 9.84. The first-order valence-corrected chi connectivity index (χ1v) is 15.7. The Morgan fingerprint density at radius 2 is 1.56 bits per heavy atom. The van der Waals surface area contributed by atoms with Crippen LogP contribution in [0.5, 0.6) is 0 Å². The third-order valence-electron chi connectivity index (χ3n) is 6.71. The minimum Gasteiger partial charge on any atom is -0.278 e. The number of rotatable bonds is 12. The number of fused-ring (bicyclic) bond motifs is 1. The van der Waals surface area contributed by atoms with Crippen LogP contribution in [0.15, 0.2) is 65.7 Å². The predicted octanol–water partition coefficient (Wildman–Crippen LogP) is 6.75. The number of hydrogen-bond donors (Lipinski definition) is 0. The molecule has 0 saturated carbocycles. The summed E-state index contributed by atoms with van der Waals surface area (Å²) in [5.74, 6) is -0.257. The second-order valence-electron chi connectivity index (χ2n) is 9.72. The van der Waals surface area contributed by atoms with Gasteiger partial charge in [-0.05, 0) is 74.2 Å². The Labute approximate surface area is 235 Å². The molecule has 7 nitrogen and oxygen atoms in total. The maximum atomic E-state index is 13.9. The van der Waals surface area contributed by atoms with E-state index in [1.54, 1.807) is 39.7 Å². The number of hydrogen-bond acceptors (Lipinski definition) is 6. The summed E-state index contributed by atoms with van der Waals surface area (Å²) in [4.78, 5) is 25.0. The maximum absolute atomic E-state index is 13.9. The number of thiazole rings is 1. The zero-order valence-corrected chi connectivity index (χ0v) is 24.7. The highest BCUT2D eigenvalue weighted by molar-refractivity contribution is 7.89. The Hall–Kier alpha value is -3.14.